The summed E-state index contributed by atoms with van der Waals surface area (Å²) < 4.78 is 6.00. The highest BCUT2D eigenvalue weighted by Gasteiger charge is 2.27. The zero-order valence-corrected chi connectivity index (χ0v) is 11.6. The first-order chi connectivity index (χ1) is 8.54. The number of carbonyl (C=O) groups is 2. The van der Waals surface area contributed by atoms with Crippen LogP contribution in [0.4, 0.5) is 0 Å². The molecule has 1 atom stereocenters. The van der Waals surface area contributed by atoms with Crippen LogP contribution in [0.5, 0.6) is 0 Å². The Bertz CT molecular complexity index is 460. The van der Waals surface area contributed by atoms with E-state index in [0.29, 0.717) is 17.4 Å². The molecule has 2 rings (SSSR count). The van der Waals surface area contributed by atoms with Crippen LogP contribution in [0.3, 0.4) is 0 Å². The second kappa shape index (κ2) is 5.71. The molecule has 1 aliphatic rings. The van der Waals surface area contributed by atoms with E-state index in [0.717, 1.165) is 11.3 Å². The van der Waals surface area contributed by atoms with E-state index in [4.69, 9.17) is 16.3 Å². The van der Waals surface area contributed by atoms with Crippen molar-refractivity contribution in [3.63, 3.8) is 0 Å². The zero-order chi connectivity index (χ0) is 13.1. The van der Waals surface area contributed by atoms with E-state index in [2.05, 4.69) is 0 Å². The van der Waals surface area contributed by atoms with Crippen LogP contribution in [0.1, 0.15) is 18.2 Å². The van der Waals surface area contributed by atoms with Gasteiger partial charge in [0, 0.05) is 24.8 Å². The van der Waals surface area contributed by atoms with Crippen molar-refractivity contribution < 1.29 is 14.3 Å². The van der Waals surface area contributed by atoms with Crippen LogP contribution >= 0.6 is 22.9 Å². The third-order valence-electron chi connectivity index (χ3n) is 2.84. The highest BCUT2D eigenvalue weighted by molar-refractivity contribution is 7.16. The molecule has 0 aromatic carbocycles. The topological polar surface area (TPSA) is 46.6 Å². The predicted octanol–water partition coefficient (Wildman–Crippen LogP) is 2.11. The summed E-state index contributed by atoms with van der Waals surface area (Å²) in [4.78, 5) is 25.4. The molecular formula is C12H14ClNO3S. The molecule has 0 aliphatic carbocycles. The molecule has 1 aliphatic heterocycles. The molecule has 0 N–H and O–H groups in total. The maximum absolute atomic E-state index is 11.7. The van der Waals surface area contributed by atoms with Crippen molar-refractivity contribution in [2.24, 2.45) is 0 Å². The number of hydrogen-bond donors (Lipinski definition) is 0. The van der Waals surface area contributed by atoms with Gasteiger partial charge in [0.25, 0.3) is 0 Å². The van der Waals surface area contributed by atoms with Gasteiger partial charge in [-0.05, 0) is 12.1 Å². The molecule has 0 saturated carbocycles. The van der Waals surface area contributed by atoms with Crippen molar-refractivity contribution in [2.75, 3.05) is 13.1 Å². The number of thiophene rings is 1. The summed E-state index contributed by atoms with van der Waals surface area (Å²) in [6.07, 6.45) is 0.793. The van der Waals surface area contributed by atoms with E-state index in [1.165, 1.54) is 18.3 Å². The quantitative estimate of drug-likeness (QED) is 0.800. The van der Waals surface area contributed by atoms with Gasteiger partial charge in [-0.15, -0.1) is 11.3 Å². The number of hydrogen-bond acceptors (Lipinski definition) is 4. The van der Waals surface area contributed by atoms with Crippen molar-refractivity contribution in [1.29, 1.82) is 0 Å². The third-order valence-corrected chi connectivity index (χ3v) is 4.07. The van der Waals surface area contributed by atoms with Gasteiger partial charge < -0.3 is 9.64 Å². The molecule has 1 saturated heterocycles. The summed E-state index contributed by atoms with van der Waals surface area (Å²) in [5.74, 6) is -0.234. The Morgan fingerprint density at radius 2 is 2.33 bits per heavy atom. The predicted molar refractivity (Wildman–Crippen MR) is 69.8 cm³/mol. The first kappa shape index (κ1) is 13.4. The Morgan fingerprint density at radius 3 is 2.89 bits per heavy atom. The molecular weight excluding hydrogens is 274 g/mol. The minimum atomic E-state index is -0.260. The number of halogens is 1. The molecule has 1 aromatic rings. The lowest BCUT2D eigenvalue weighted by molar-refractivity contribution is -0.148. The number of nitrogens with zero attached hydrogens (tertiary/aromatic N) is 1. The van der Waals surface area contributed by atoms with Crippen molar-refractivity contribution in [2.45, 2.75) is 25.9 Å². The fourth-order valence-electron chi connectivity index (χ4n) is 1.93. The number of carbonyl (C=O) groups excluding carboxylic acids is 2. The highest BCUT2D eigenvalue weighted by Crippen LogP contribution is 2.22. The standard InChI is InChI=1S/C12H14ClNO3S/c1-8(15)14-5-4-9(7-14)17-12(16)6-10-2-3-11(13)18-10/h2-3,9H,4-7H2,1H3/t9-/m1/s1. The molecule has 2 heterocycles. The van der Waals surface area contributed by atoms with Gasteiger partial charge >= 0.3 is 5.97 Å². The lowest BCUT2D eigenvalue weighted by atomic mass is 10.3. The van der Waals surface area contributed by atoms with Crippen LogP contribution in [0.15, 0.2) is 12.1 Å². The number of likely N-dealkylation sites (tertiary alicyclic amines) is 1. The highest BCUT2D eigenvalue weighted by atomic mass is 35.5. The van der Waals surface area contributed by atoms with Crippen LogP contribution < -0.4 is 0 Å². The van der Waals surface area contributed by atoms with E-state index < -0.39 is 0 Å². The Balaban J connectivity index is 1.80. The van der Waals surface area contributed by atoms with E-state index in [-0.39, 0.29) is 24.4 Å². The summed E-state index contributed by atoms with van der Waals surface area (Å²) in [6, 6.07) is 3.59. The summed E-state index contributed by atoms with van der Waals surface area (Å²) in [5, 5.41) is 0. The normalized spacial score (nSPS) is 19.0. The second-order valence-electron chi connectivity index (χ2n) is 4.25. The fourth-order valence-corrected chi connectivity index (χ4v) is 3.00. The zero-order valence-electron chi connectivity index (χ0n) is 10.0. The largest absolute Gasteiger partial charge is 0.460 e. The molecule has 0 radical (unpaired) electrons. The molecule has 1 amide bonds. The van der Waals surface area contributed by atoms with Crippen molar-refractivity contribution in [3.05, 3.63) is 21.3 Å². The molecule has 1 aromatic heterocycles. The molecule has 0 bridgehead atoms. The van der Waals surface area contributed by atoms with Crippen LogP contribution in [-0.4, -0.2) is 36.0 Å². The molecule has 4 nitrogen and oxygen atoms in total. The Morgan fingerprint density at radius 1 is 1.56 bits per heavy atom. The van der Waals surface area contributed by atoms with Crippen LogP contribution in [-0.2, 0) is 20.7 Å². The van der Waals surface area contributed by atoms with Gasteiger partial charge in [0.15, 0.2) is 0 Å². The summed E-state index contributed by atoms with van der Waals surface area (Å²) in [7, 11) is 0. The first-order valence-corrected chi connectivity index (χ1v) is 6.93. The van der Waals surface area contributed by atoms with Crippen molar-refractivity contribution in [1.82, 2.24) is 4.90 Å². The molecule has 0 unspecified atom stereocenters. The maximum atomic E-state index is 11.7. The smallest absolute Gasteiger partial charge is 0.311 e. The van der Waals surface area contributed by atoms with Gasteiger partial charge in [-0.1, -0.05) is 11.6 Å². The number of ether oxygens (including phenoxy) is 1. The van der Waals surface area contributed by atoms with Crippen molar-refractivity contribution in [3.8, 4) is 0 Å². The lowest BCUT2D eigenvalue weighted by Crippen LogP contribution is -2.28. The number of amides is 1. The van der Waals surface area contributed by atoms with Gasteiger partial charge in [-0.3, -0.25) is 9.59 Å². The summed E-state index contributed by atoms with van der Waals surface area (Å²) in [5.41, 5.74) is 0. The minimum absolute atomic E-state index is 0.0265. The van der Waals surface area contributed by atoms with E-state index in [1.807, 2.05) is 6.07 Å². The van der Waals surface area contributed by atoms with E-state index in [1.54, 1.807) is 11.0 Å². The van der Waals surface area contributed by atoms with Crippen LogP contribution in [0.25, 0.3) is 0 Å². The average molecular weight is 288 g/mol. The summed E-state index contributed by atoms with van der Waals surface area (Å²) in [6.45, 7) is 2.70. The van der Waals surface area contributed by atoms with E-state index in [9.17, 15) is 9.59 Å². The minimum Gasteiger partial charge on any atom is -0.460 e. The van der Waals surface area contributed by atoms with E-state index >= 15 is 0 Å². The molecule has 18 heavy (non-hydrogen) atoms. The fraction of sp³-hybridized carbons (Fsp3) is 0.500. The Labute approximate surface area is 114 Å². The van der Waals surface area contributed by atoms with Crippen LogP contribution in [0, 0.1) is 0 Å². The lowest BCUT2D eigenvalue weighted by Gasteiger charge is -2.14. The third kappa shape index (κ3) is 3.46. The Hall–Kier alpha value is -1.07. The van der Waals surface area contributed by atoms with Crippen LogP contribution in [0.2, 0.25) is 4.34 Å². The molecule has 1 fully saturated rings. The second-order valence-corrected chi connectivity index (χ2v) is 6.05. The maximum Gasteiger partial charge on any atom is 0.311 e. The van der Waals surface area contributed by atoms with Crippen molar-refractivity contribution >= 4 is 34.8 Å². The molecule has 6 heteroatoms. The summed E-state index contributed by atoms with van der Waals surface area (Å²) >= 11 is 7.17. The first-order valence-electron chi connectivity index (χ1n) is 5.74. The average Bonchev–Trinajstić information content (AvgIpc) is 2.88. The van der Waals surface area contributed by atoms with Gasteiger partial charge in [0.1, 0.15) is 6.10 Å². The van der Waals surface area contributed by atoms with Gasteiger partial charge in [-0.2, -0.15) is 0 Å². The number of rotatable bonds is 3. The monoisotopic (exact) mass is 287 g/mol. The van der Waals surface area contributed by atoms with Gasteiger partial charge in [0.05, 0.1) is 17.3 Å². The SMILES string of the molecule is CC(=O)N1CC[C@@H](OC(=O)Cc2ccc(Cl)s2)C1. The van der Waals surface area contributed by atoms with Gasteiger partial charge in [0.2, 0.25) is 5.91 Å². The number of esters is 1. The molecule has 0 spiro atoms. The Kier molecular flexibility index (Phi) is 4.24. The van der Waals surface area contributed by atoms with Gasteiger partial charge in [-0.25, -0.2) is 0 Å². The molecule has 98 valence electrons.